The molecule has 1 unspecified atom stereocenters. The van der Waals surface area contributed by atoms with Crippen molar-refractivity contribution in [2.45, 2.75) is 29.7 Å². The van der Waals surface area contributed by atoms with Crippen LogP contribution in [0.25, 0.3) is 0 Å². The van der Waals surface area contributed by atoms with Crippen LogP contribution < -0.4 is 0 Å². The molecule has 1 saturated heterocycles. The number of carbonyl (C=O) groups is 1. The molecule has 94 valence electrons. The number of hydrogen-bond acceptors (Lipinski definition) is 5. The highest BCUT2D eigenvalue weighted by molar-refractivity contribution is 8.00. The van der Waals surface area contributed by atoms with Gasteiger partial charge in [-0.3, -0.25) is 4.79 Å². The topological polar surface area (TPSA) is 68.0 Å². The molecule has 0 aliphatic carbocycles. The SMILES string of the molecule is Cn1nc(C2CCCCS2)nc1SCC(=O)O. The summed E-state index contributed by atoms with van der Waals surface area (Å²) in [5, 5.41) is 14.1. The monoisotopic (exact) mass is 273 g/mol. The van der Waals surface area contributed by atoms with Crippen molar-refractivity contribution >= 4 is 29.5 Å². The van der Waals surface area contributed by atoms with E-state index in [9.17, 15) is 4.79 Å². The molecule has 0 radical (unpaired) electrons. The number of thioether (sulfide) groups is 2. The van der Waals surface area contributed by atoms with Gasteiger partial charge in [0.25, 0.3) is 0 Å². The number of carboxylic acid groups (broad SMARTS) is 1. The molecule has 0 bridgehead atoms. The fraction of sp³-hybridized carbons (Fsp3) is 0.700. The lowest BCUT2D eigenvalue weighted by molar-refractivity contribution is -0.133. The molecular weight excluding hydrogens is 258 g/mol. The van der Waals surface area contributed by atoms with Crippen LogP contribution in [0.15, 0.2) is 5.16 Å². The van der Waals surface area contributed by atoms with Gasteiger partial charge in [0.05, 0.1) is 11.0 Å². The summed E-state index contributed by atoms with van der Waals surface area (Å²) in [7, 11) is 1.81. The minimum atomic E-state index is -0.827. The van der Waals surface area contributed by atoms with Crippen LogP contribution in [0.5, 0.6) is 0 Å². The molecular formula is C10H15N3O2S2. The molecule has 2 rings (SSSR count). The number of aryl methyl sites for hydroxylation is 1. The molecule has 1 aliphatic rings. The Morgan fingerprint density at radius 1 is 1.65 bits per heavy atom. The molecule has 1 N–H and O–H groups in total. The number of hydrogen-bond donors (Lipinski definition) is 1. The number of aliphatic carboxylic acids is 1. The maximum atomic E-state index is 10.5. The van der Waals surface area contributed by atoms with Crippen molar-refractivity contribution in [1.29, 1.82) is 0 Å². The predicted molar refractivity (Wildman–Crippen MR) is 68.4 cm³/mol. The highest BCUT2D eigenvalue weighted by Gasteiger charge is 2.21. The van der Waals surface area contributed by atoms with Crippen LogP contribution in [-0.4, -0.2) is 37.3 Å². The minimum Gasteiger partial charge on any atom is -0.481 e. The summed E-state index contributed by atoms with van der Waals surface area (Å²) in [5.74, 6) is 1.22. The van der Waals surface area contributed by atoms with E-state index in [1.54, 1.807) is 4.68 Å². The first kappa shape index (κ1) is 12.8. The predicted octanol–water partition coefficient (Wildman–Crippen LogP) is 1.95. The van der Waals surface area contributed by atoms with Crippen LogP contribution in [-0.2, 0) is 11.8 Å². The Balaban J connectivity index is 2.03. The summed E-state index contributed by atoms with van der Waals surface area (Å²) in [5.41, 5.74) is 0. The fourth-order valence-electron chi connectivity index (χ4n) is 1.72. The first-order chi connectivity index (χ1) is 8.16. The molecule has 0 amide bonds. The quantitative estimate of drug-likeness (QED) is 0.846. The summed E-state index contributed by atoms with van der Waals surface area (Å²) >= 11 is 3.12. The van der Waals surface area contributed by atoms with Gasteiger partial charge in [-0.1, -0.05) is 18.2 Å². The Morgan fingerprint density at radius 3 is 3.12 bits per heavy atom. The van der Waals surface area contributed by atoms with Gasteiger partial charge in [0.2, 0.25) is 0 Å². The van der Waals surface area contributed by atoms with E-state index in [0.29, 0.717) is 10.4 Å². The summed E-state index contributed by atoms with van der Waals surface area (Å²) in [6, 6.07) is 0. The van der Waals surface area contributed by atoms with Crippen molar-refractivity contribution in [2.75, 3.05) is 11.5 Å². The number of aromatic nitrogens is 3. The van der Waals surface area contributed by atoms with E-state index in [1.165, 1.54) is 30.4 Å². The second-order valence-electron chi connectivity index (χ2n) is 3.91. The summed E-state index contributed by atoms with van der Waals surface area (Å²) in [6.07, 6.45) is 3.62. The normalized spacial score (nSPS) is 20.4. The molecule has 1 fully saturated rings. The first-order valence-corrected chi connectivity index (χ1v) is 7.57. The van der Waals surface area contributed by atoms with E-state index in [1.807, 2.05) is 18.8 Å². The van der Waals surface area contributed by atoms with Gasteiger partial charge in [-0.2, -0.15) is 16.9 Å². The average Bonchev–Trinajstić information content (AvgIpc) is 2.69. The molecule has 1 aromatic rings. The van der Waals surface area contributed by atoms with Gasteiger partial charge >= 0.3 is 5.97 Å². The van der Waals surface area contributed by atoms with Crippen LogP contribution in [0, 0.1) is 0 Å². The van der Waals surface area contributed by atoms with Gasteiger partial charge in [-0.05, 0) is 18.6 Å². The molecule has 1 atom stereocenters. The van der Waals surface area contributed by atoms with Gasteiger partial charge in [-0.25, -0.2) is 9.67 Å². The number of rotatable bonds is 4. The highest BCUT2D eigenvalue weighted by atomic mass is 32.2. The Morgan fingerprint density at radius 2 is 2.47 bits per heavy atom. The minimum absolute atomic E-state index is 0.0315. The third-order valence-corrected chi connectivity index (χ3v) is 4.91. The van der Waals surface area contributed by atoms with E-state index in [0.717, 1.165) is 12.2 Å². The van der Waals surface area contributed by atoms with Crippen molar-refractivity contribution in [3.8, 4) is 0 Å². The molecule has 17 heavy (non-hydrogen) atoms. The largest absolute Gasteiger partial charge is 0.481 e. The van der Waals surface area contributed by atoms with E-state index in [-0.39, 0.29) is 5.75 Å². The first-order valence-electron chi connectivity index (χ1n) is 5.54. The van der Waals surface area contributed by atoms with E-state index in [2.05, 4.69) is 10.1 Å². The van der Waals surface area contributed by atoms with Gasteiger partial charge in [0.15, 0.2) is 11.0 Å². The van der Waals surface area contributed by atoms with Crippen molar-refractivity contribution < 1.29 is 9.90 Å². The molecule has 0 aromatic carbocycles. The molecule has 1 aromatic heterocycles. The molecule has 7 heteroatoms. The molecule has 0 spiro atoms. The third-order valence-electron chi connectivity index (χ3n) is 2.53. The zero-order valence-electron chi connectivity index (χ0n) is 9.63. The second kappa shape index (κ2) is 5.77. The van der Waals surface area contributed by atoms with Gasteiger partial charge in [-0.15, -0.1) is 0 Å². The third kappa shape index (κ3) is 3.38. The van der Waals surface area contributed by atoms with Crippen LogP contribution in [0.2, 0.25) is 0 Å². The Kier molecular flexibility index (Phi) is 4.33. The summed E-state index contributed by atoms with van der Waals surface area (Å²) in [4.78, 5) is 14.9. The van der Waals surface area contributed by atoms with Crippen LogP contribution >= 0.6 is 23.5 Å². The van der Waals surface area contributed by atoms with Crippen LogP contribution in [0.3, 0.4) is 0 Å². The summed E-state index contributed by atoms with van der Waals surface area (Å²) in [6.45, 7) is 0. The highest BCUT2D eigenvalue weighted by Crippen LogP contribution is 2.37. The van der Waals surface area contributed by atoms with E-state index < -0.39 is 5.97 Å². The van der Waals surface area contributed by atoms with Crippen molar-refractivity contribution in [3.05, 3.63) is 5.82 Å². The Labute approximate surface area is 108 Å². The van der Waals surface area contributed by atoms with Crippen LogP contribution in [0.1, 0.15) is 30.3 Å². The van der Waals surface area contributed by atoms with Gasteiger partial charge in [0, 0.05) is 7.05 Å². The lowest BCUT2D eigenvalue weighted by Gasteiger charge is -2.17. The lowest BCUT2D eigenvalue weighted by Crippen LogP contribution is -2.04. The van der Waals surface area contributed by atoms with Gasteiger partial charge in [0.1, 0.15) is 0 Å². The molecule has 0 saturated carbocycles. The van der Waals surface area contributed by atoms with Gasteiger partial charge < -0.3 is 5.11 Å². The standard InChI is InChI=1S/C10H15N3O2S2/c1-13-10(17-6-8(14)15)11-9(12-13)7-4-2-3-5-16-7/h7H,2-6H2,1H3,(H,14,15). The molecule has 1 aliphatic heterocycles. The smallest absolute Gasteiger partial charge is 0.313 e. The van der Waals surface area contributed by atoms with E-state index in [4.69, 9.17) is 5.11 Å². The Hall–Kier alpha value is -0.690. The van der Waals surface area contributed by atoms with Crippen molar-refractivity contribution in [3.63, 3.8) is 0 Å². The zero-order chi connectivity index (χ0) is 12.3. The number of nitrogens with zero attached hydrogens (tertiary/aromatic N) is 3. The maximum absolute atomic E-state index is 10.5. The Bertz CT molecular complexity index is 402. The maximum Gasteiger partial charge on any atom is 0.313 e. The zero-order valence-corrected chi connectivity index (χ0v) is 11.3. The second-order valence-corrected chi connectivity index (χ2v) is 6.17. The van der Waals surface area contributed by atoms with E-state index >= 15 is 0 Å². The fourth-order valence-corrected chi connectivity index (χ4v) is 3.60. The summed E-state index contributed by atoms with van der Waals surface area (Å²) < 4.78 is 1.68. The van der Waals surface area contributed by atoms with Crippen molar-refractivity contribution in [1.82, 2.24) is 14.8 Å². The average molecular weight is 273 g/mol. The number of carboxylic acids is 1. The molecule has 5 nitrogen and oxygen atoms in total. The van der Waals surface area contributed by atoms with Crippen LogP contribution in [0.4, 0.5) is 0 Å². The van der Waals surface area contributed by atoms with Crippen molar-refractivity contribution in [2.24, 2.45) is 7.05 Å². The lowest BCUT2D eigenvalue weighted by atomic mass is 10.2. The molecule has 2 heterocycles.